The fourth-order valence-electron chi connectivity index (χ4n) is 1.53. The molecule has 6 heteroatoms. The highest BCUT2D eigenvalue weighted by atomic mass is 16.6. The van der Waals surface area contributed by atoms with E-state index < -0.39 is 24.0 Å². The maximum absolute atomic E-state index is 12.0. The summed E-state index contributed by atoms with van der Waals surface area (Å²) in [5.74, 6) is -2.17. The number of methoxy groups -OCH3 is 2. The molecule has 0 bridgehead atoms. The van der Waals surface area contributed by atoms with E-state index in [0.717, 1.165) is 7.11 Å². The van der Waals surface area contributed by atoms with E-state index in [1.54, 1.807) is 31.2 Å². The van der Waals surface area contributed by atoms with Crippen molar-refractivity contribution in [1.82, 2.24) is 0 Å². The van der Waals surface area contributed by atoms with Gasteiger partial charge in [-0.15, -0.1) is 0 Å². The number of aryl methyl sites for hydroxylation is 1. The first-order valence-electron chi connectivity index (χ1n) is 5.90. The average molecular weight is 280 g/mol. The maximum atomic E-state index is 12.0. The Bertz CT molecular complexity index is 508. The predicted molar refractivity (Wildman–Crippen MR) is 69.0 cm³/mol. The molecule has 0 saturated heterocycles. The second kappa shape index (κ2) is 7.28. The number of esters is 3. The Kier molecular flexibility index (Phi) is 5.71. The van der Waals surface area contributed by atoms with Crippen LogP contribution in [0.25, 0.3) is 0 Å². The molecule has 0 spiro atoms. The molecule has 0 amide bonds. The first kappa shape index (κ1) is 15.7. The largest absolute Gasteiger partial charge is 0.469 e. The number of rotatable bonds is 5. The first-order chi connectivity index (χ1) is 9.49. The van der Waals surface area contributed by atoms with Crippen LogP contribution in [0.15, 0.2) is 24.3 Å². The lowest BCUT2D eigenvalue weighted by Crippen LogP contribution is -2.31. The predicted octanol–water partition coefficient (Wildman–Crippen LogP) is 1.26. The summed E-state index contributed by atoms with van der Waals surface area (Å²) in [6.45, 7) is 1.74. The van der Waals surface area contributed by atoms with Crippen molar-refractivity contribution in [2.24, 2.45) is 0 Å². The summed E-state index contributed by atoms with van der Waals surface area (Å²) in [5, 5.41) is 0. The number of carbonyl (C=O) groups is 3. The lowest BCUT2D eigenvalue weighted by molar-refractivity contribution is -0.157. The standard InChI is InChI=1S/C14H16O6/c1-9-6-4-5-7-10(9)13(16)20-11(14(17)19-3)8-12(15)18-2/h4-7,11H,8H2,1-3H3/t11-/m0/s1. The molecule has 1 atom stereocenters. The zero-order chi connectivity index (χ0) is 15.1. The highest BCUT2D eigenvalue weighted by Crippen LogP contribution is 2.12. The van der Waals surface area contributed by atoms with Gasteiger partial charge >= 0.3 is 17.9 Å². The molecule has 0 fully saturated rings. The molecule has 0 heterocycles. The van der Waals surface area contributed by atoms with Crippen LogP contribution in [0.4, 0.5) is 0 Å². The first-order valence-corrected chi connectivity index (χ1v) is 5.90. The van der Waals surface area contributed by atoms with Crippen molar-refractivity contribution in [3.05, 3.63) is 35.4 Å². The molecule has 20 heavy (non-hydrogen) atoms. The molecular formula is C14H16O6. The maximum Gasteiger partial charge on any atom is 0.347 e. The molecule has 108 valence electrons. The van der Waals surface area contributed by atoms with Gasteiger partial charge in [0.05, 0.1) is 26.2 Å². The van der Waals surface area contributed by atoms with Crippen molar-refractivity contribution in [2.45, 2.75) is 19.4 Å². The zero-order valence-corrected chi connectivity index (χ0v) is 11.5. The van der Waals surface area contributed by atoms with Crippen LogP contribution in [-0.2, 0) is 23.8 Å². The third kappa shape index (κ3) is 4.08. The molecule has 0 aliphatic rings. The summed E-state index contributed by atoms with van der Waals surface area (Å²) < 4.78 is 14.0. The van der Waals surface area contributed by atoms with Crippen LogP contribution in [0.1, 0.15) is 22.3 Å². The Hall–Kier alpha value is -2.37. The summed E-state index contributed by atoms with van der Waals surface area (Å²) in [4.78, 5) is 34.7. The van der Waals surface area contributed by atoms with Crippen LogP contribution < -0.4 is 0 Å². The third-order valence-electron chi connectivity index (χ3n) is 2.66. The molecule has 0 saturated carbocycles. The molecule has 1 aromatic rings. The van der Waals surface area contributed by atoms with Gasteiger partial charge in [0.1, 0.15) is 0 Å². The monoisotopic (exact) mass is 280 g/mol. The smallest absolute Gasteiger partial charge is 0.347 e. The normalized spacial score (nSPS) is 11.3. The second-order valence-corrected chi connectivity index (χ2v) is 4.01. The molecular weight excluding hydrogens is 264 g/mol. The van der Waals surface area contributed by atoms with Crippen LogP contribution in [0.2, 0.25) is 0 Å². The fourth-order valence-corrected chi connectivity index (χ4v) is 1.53. The van der Waals surface area contributed by atoms with Crippen molar-refractivity contribution < 1.29 is 28.6 Å². The minimum Gasteiger partial charge on any atom is -0.469 e. The zero-order valence-electron chi connectivity index (χ0n) is 11.5. The van der Waals surface area contributed by atoms with E-state index in [-0.39, 0.29) is 6.42 Å². The van der Waals surface area contributed by atoms with Gasteiger partial charge in [-0.1, -0.05) is 18.2 Å². The third-order valence-corrected chi connectivity index (χ3v) is 2.66. The van der Waals surface area contributed by atoms with E-state index in [4.69, 9.17) is 4.74 Å². The number of benzene rings is 1. The highest BCUT2D eigenvalue weighted by Gasteiger charge is 2.28. The summed E-state index contributed by atoms with van der Waals surface area (Å²) in [6, 6.07) is 6.77. The molecule has 0 aliphatic heterocycles. The molecule has 1 rings (SSSR count). The fraction of sp³-hybridized carbons (Fsp3) is 0.357. The van der Waals surface area contributed by atoms with Gasteiger partial charge in [-0.2, -0.15) is 0 Å². The van der Waals surface area contributed by atoms with Crippen molar-refractivity contribution >= 4 is 17.9 Å². The topological polar surface area (TPSA) is 78.9 Å². The summed E-state index contributed by atoms with van der Waals surface area (Å²) >= 11 is 0. The van der Waals surface area contributed by atoms with Crippen LogP contribution in [0.3, 0.4) is 0 Å². The Morgan fingerprint density at radius 3 is 2.30 bits per heavy atom. The quantitative estimate of drug-likeness (QED) is 0.596. The summed E-state index contributed by atoms with van der Waals surface area (Å²) in [6.07, 6.45) is -1.71. The van der Waals surface area contributed by atoms with E-state index in [1.807, 2.05) is 0 Å². The van der Waals surface area contributed by atoms with Gasteiger partial charge in [-0.3, -0.25) is 4.79 Å². The van der Waals surface area contributed by atoms with E-state index in [0.29, 0.717) is 11.1 Å². The van der Waals surface area contributed by atoms with Crippen molar-refractivity contribution in [1.29, 1.82) is 0 Å². The SMILES string of the molecule is COC(=O)C[C@H](OC(=O)c1ccccc1C)C(=O)OC. The molecule has 6 nitrogen and oxygen atoms in total. The summed E-state index contributed by atoms with van der Waals surface area (Å²) in [7, 11) is 2.33. The van der Waals surface area contributed by atoms with E-state index >= 15 is 0 Å². The lowest BCUT2D eigenvalue weighted by Gasteiger charge is -2.15. The number of hydrogen-bond acceptors (Lipinski definition) is 6. The van der Waals surface area contributed by atoms with Gasteiger partial charge < -0.3 is 14.2 Å². The molecule has 0 unspecified atom stereocenters. The van der Waals surface area contributed by atoms with Gasteiger partial charge in [-0.05, 0) is 18.6 Å². The molecule has 1 aromatic carbocycles. The van der Waals surface area contributed by atoms with Gasteiger partial charge in [0.25, 0.3) is 0 Å². The van der Waals surface area contributed by atoms with Gasteiger partial charge in [-0.25, -0.2) is 9.59 Å². The van der Waals surface area contributed by atoms with Gasteiger partial charge in [0.2, 0.25) is 6.10 Å². The Morgan fingerprint density at radius 1 is 1.10 bits per heavy atom. The number of ether oxygens (including phenoxy) is 3. The lowest BCUT2D eigenvalue weighted by atomic mass is 10.1. The van der Waals surface area contributed by atoms with Crippen LogP contribution in [0.5, 0.6) is 0 Å². The molecule has 0 radical (unpaired) electrons. The van der Waals surface area contributed by atoms with Crippen LogP contribution >= 0.6 is 0 Å². The van der Waals surface area contributed by atoms with E-state index in [9.17, 15) is 14.4 Å². The van der Waals surface area contributed by atoms with Crippen molar-refractivity contribution in [3.63, 3.8) is 0 Å². The van der Waals surface area contributed by atoms with Gasteiger partial charge in [0.15, 0.2) is 0 Å². The van der Waals surface area contributed by atoms with E-state index in [1.165, 1.54) is 7.11 Å². The Labute approximate surface area is 116 Å². The second-order valence-electron chi connectivity index (χ2n) is 4.01. The van der Waals surface area contributed by atoms with Crippen LogP contribution in [0, 0.1) is 6.92 Å². The van der Waals surface area contributed by atoms with Crippen molar-refractivity contribution in [3.8, 4) is 0 Å². The number of hydrogen-bond donors (Lipinski definition) is 0. The average Bonchev–Trinajstić information content (AvgIpc) is 2.45. The molecule has 0 aliphatic carbocycles. The Morgan fingerprint density at radius 2 is 1.75 bits per heavy atom. The Balaban J connectivity index is 2.84. The van der Waals surface area contributed by atoms with Crippen LogP contribution in [-0.4, -0.2) is 38.2 Å². The minimum atomic E-state index is -1.32. The molecule has 0 aromatic heterocycles. The highest BCUT2D eigenvalue weighted by molar-refractivity contribution is 5.93. The minimum absolute atomic E-state index is 0.325. The van der Waals surface area contributed by atoms with Crippen molar-refractivity contribution in [2.75, 3.05) is 14.2 Å². The van der Waals surface area contributed by atoms with E-state index in [2.05, 4.69) is 9.47 Å². The molecule has 0 N–H and O–H groups in total. The number of carbonyl (C=O) groups excluding carboxylic acids is 3. The summed E-state index contributed by atoms with van der Waals surface area (Å²) in [5.41, 5.74) is 1.03. The van der Waals surface area contributed by atoms with Gasteiger partial charge in [0, 0.05) is 0 Å².